The Hall–Kier alpha value is -1.90. The number of benzene rings is 2. The number of rotatable bonds is 4. The van der Waals surface area contributed by atoms with Crippen molar-refractivity contribution in [3.63, 3.8) is 0 Å². The Morgan fingerprint density at radius 2 is 1.64 bits per heavy atom. The van der Waals surface area contributed by atoms with Crippen LogP contribution < -0.4 is 4.74 Å². The highest BCUT2D eigenvalue weighted by atomic mass is 19.2. The van der Waals surface area contributed by atoms with E-state index in [0.717, 1.165) is 18.4 Å². The average Bonchev–Trinajstić information content (AvgIpc) is 3.03. The highest BCUT2D eigenvalue weighted by molar-refractivity contribution is 5.65. The molecule has 1 saturated carbocycles. The third-order valence-electron chi connectivity index (χ3n) is 4.36. The molecule has 1 fully saturated rings. The van der Waals surface area contributed by atoms with Gasteiger partial charge in [-0.2, -0.15) is 4.39 Å². The van der Waals surface area contributed by atoms with Gasteiger partial charge in [0.2, 0.25) is 5.82 Å². The van der Waals surface area contributed by atoms with Crippen LogP contribution in [0.15, 0.2) is 36.4 Å². The fourth-order valence-electron chi connectivity index (χ4n) is 2.98. The van der Waals surface area contributed by atoms with Gasteiger partial charge < -0.3 is 4.74 Å². The topological polar surface area (TPSA) is 9.23 Å². The van der Waals surface area contributed by atoms with Crippen molar-refractivity contribution in [2.75, 3.05) is 6.61 Å². The van der Waals surface area contributed by atoms with E-state index in [1.807, 2.05) is 19.1 Å². The van der Waals surface area contributed by atoms with Crippen molar-refractivity contribution in [3.8, 4) is 16.9 Å². The molecule has 3 heteroatoms. The summed E-state index contributed by atoms with van der Waals surface area (Å²) in [5, 5.41) is 0. The second-order valence-electron chi connectivity index (χ2n) is 6.07. The molecule has 0 heterocycles. The van der Waals surface area contributed by atoms with Crippen LogP contribution in [0.5, 0.6) is 5.75 Å². The lowest BCUT2D eigenvalue weighted by Crippen LogP contribution is -2.09. The van der Waals surface area contributed by atoms with E-state index in [-0.39, 0.29) is 11.3 Å². The van der Waals surface area contributed by atoms with Gasteiger partial charge in [0.15, 0.2) is 11.6 Å². The summed E-state index contributed by atoms with van der Waals surface area (Å²) in [5.41, 5.74) is 2.02. The molecule has 0 bridgehead atoms. The summed E-state index contributed by atoms with van der Waals surface area (Å²) in [6.45, 7) is 2.43. The first-order valence-electron chi connectivity index (χ1n) is 7.83. The zero-order valence-corrected chi connectivity index (χ0v) is 12.7. The fourth-order valence-corrected chi connectivity index (χ4v) is 2.98. The molecule has 1 aliphatic carbocycles. The van der Waals surface area contributed by atoms with Gasteiger partial charge >= 0.3 is 0 Å². The third kappa shape index (κ3) is 3.13. The summed E-state index contributed by atoms with van der Waals surface area (Å²) in [6.07, 6.45) is 4.64. The summed E-state index contributed by atoms with van der Waals surface area (Å²) >= 11 is 0. The van der Waals surface area contributed by atoms with E-state index in [0.29, 0.717) is 18.1 Å². The van der Waals surface area contributed by atoms with Crippen LogP contribution in [0.2, 0.25) is 0 Å². The van der Waals surface area contributed by atoms with Crippen LogP contribution in [0.3, 0.4) is 0 Å². The molecular weight excluding hydrogens is 282 g/mol. The van der Waals surface area contributed by atoms with Crippen LogP contribution in [-0.4, -0.2) is 6.61 Å². The van der Waals surface area contributed by atoms with Crippen LogP contribution >= 0.6 is 0 Å². The Morgan fingerprint density at radius 1 is 0.955 bits per heavy atom. The molecule has 2 aromatic rings. The van der Waals surface area contributed by atoms with Crippen LogP contribution in [-0.2, 0) is 0 Å². The number of hydrogen-bond acceptors (Lipinski definition) is 1. The molecule has 0 N–H and O–H groups in total. The smallest absolute Gasteiger partial charge is 0.201 e. The maximum atomic E-state index is 14.3. The number of halogens is 2. The van der Waals surface area contributed by atoms with E-state index >= 15 is 0 Å². The minimum absolute atomic E-state index is 0.0141. The molecule has 0 aromatic heterocycles. The minimum atomic E-state index is -0.893. The van der Waals surface area contributed by atoms with Gasteiger partial charge in [0.1, 0.15) is 0 Å². The first-order valence-corrected chi connectivity index (χ1v) is 7.83. The van der Waals surface area contributed by atoms with Crippen LogP contribution in [0, 0.1) is 24.5 Å². The molecule has 0 saturated heterocycles. The molecule has 1 nitrogen and oxygen atoms in total. The van der Waals surface area contributed by atoms with Crippen LogP contribution in [0.1, 0.15) is 31.2 Å². The van der Waals surface area contributed by atoms with Crippen molar-refractivity contribution in [3.05, 3.63) is 53.6 Å². The Kier molecular flexibility index (Phi) is 4.41. The Morgan fingerprint density at radius 3 is 2.32 bits per heavy atom. The highest BCUT2D eigenvalue weighted by Crippen LogP contribution is 2.31. The van der Waals surface area contributed by atoms with E-state index in [1.54, 1.807) is 18.2 Å². The molecule has 2 aromatic carbocycles. The molecule has 0 amide bonds. The van der Waals surface area contributed by atoms with Crippen molar-refractivity contribution in [1.29, 1.82) is 0 Å². The number of hydrogen-bond donors (Lipinski definition) is 0. The Labute approximate surface area is 129 Å². The third-order valence-corrected chi connectivity index (χ3v) is 4.36. The van der Waals surface area contributed by atoms with Gasteiger partial charge in [0.25, 0.3) is 0 Å². The lowest BCUT2D eigenvalue weighted by molar-refractivity contribution is 0.239. The second kappa shape index (κ2) is 6.47. The van der Waals surface area contributed by atoms with E-state index in [4.69, 9.17) is 4.74 Å². The zero-order valence-electron chi connectivity index (χ0n) is 12.7. The molecule has 0 radical (unpaired) electrons. The van der Waals surface area contributed by atoms with E-state index in [2.05, 4.69) is 0 Å². The maximum Gasteiger partial charge on any atom is 0.201 e. The Bertz CT molecular complexity index is 643. The largest absolute Gasteiger partial charge is 0.490 e. The Balaban J connectivity index is 1.79. The van der Waals surface area contributed by atoms with Crippen molar-refractivity contribution < 1.29 is 13.5 Å². The van der Waals surface area contributed by atoms with Crippen molar-refractivity contribution in [1.82, 2.24) is 0 Å². The van der Waals surface area contributed by atoms with Gasteiger partial charge in [-0.15, -0.1) is 0 Å². The standard InChI is InChI=1S/C19H20F2O/c1-13-6-8-15(9-7-13)16-10-11-17(19(21)18(16)20)22-12-14-4-2-3-5-14/h6-11,14H,2-5,12H2,1H3. The maximum absolute atomic E-state index is 14.3. The van der Waals surface area contributed by atoms with Crippen molar-refractivity contribution in [2.24, 2.45) is 5.92 Å². The predicted octanol–water partition coefficient (Wildman–Crippen LogP) is 5.51. The molecule has 1 aliphatic rings. The summed E-state index contributed by atoms with van der Waals surface area (Å²) in [7, 11) is 0. The van der Waals surface area contributed by atoms with E-state index < -0.39 is 11.6 Å². The zero-order chi connectivity index (χ0) is 15.5. The van der Waals surface area contributed by atoms with Gasteiger partial charge in [-0.1, -0.05) is 42.7 Å². The minimum Gasteiger partial charge on any atom is -0.490 e. The number of aryl methyl sites for hydroxylation is 1. The normalized spacial score (nSPS) is 15.2. The molecular formula is C19H20F2O. The quantitative estimate of drug-likeness (QED) is 0.723. The van der Waals surface area contributed by atoms with Gasteiger partial charge in [-0.25, -0.2) is 4.39 Å². The first kappa shape index (κ1) is 15.0. The molecule has 0 unspecified atom stereocenters. The second-order valence-corrected chi connectivity index (χ2v) is 6.07. The SMILES string of the molecule is Cc1ccc(-c2ccc(OCC3CCCC3)c(F)c2F)cc1. The highest BCUT2D eigenvalue weighted by Gasteiger charge is 2.19. The van der Waals surface area contributed by atoms with Crippen LogP contribution in [0.4, 0.5) is 8.78 Å². The van der Waals surface area contributed by atoms with Gasteiger partial charge in [0, 0.05) is 5.56 Å². The molecule has 22 heavy (non-hydrogen) atoms. The summed E-state index contributed by atoms with van der Waals surface area (Å²) in [6, 6.07) is 10.5. The average molecular weight is 302 g/mol. The summed E-state index contributed by atoms with van der Waals surface area (Å²) in [5.74, 6) is -1.25. The van der Waals surface area contributed by atoms with Gasteiger partial charge in [-0.3, -0.25) is 0 Å². The lowest BCUT2D eigenvalue weighted by Gasteiger charge is -2.13. The summed E-state index contributed by atoms with van der Waals surface area (Å²) in [4.78, 5) is 0. The molecule has 0 aliphatic heterocycles. The molecule has 3 rings (SSSR count). The lowest BCUT2D eigenvalue weighted by atomic mass is 10.0. The van der Waals surface area contributed by atoms with Gasteiger partial charge in [-0.05, 0) is 43.4 Å². The number of ether oxygens (including phenoxy) is 1. The molecule has 116 valence electrons. The monoisotopic (exact) mass is 302 g/mol. The molecule has 0 atom stereocenters. The first-order chi connectivity index (χ1) is 10.6. The predicted molar refractivity (Wildman–Crippen MR) is 84.0 cm³/mol. The van der Waals surface area contributed by atoms with Crippen molar-refractivity contribution in [2.45, 2.75) is 32.6 Å². The fraction of sp³-hybridized carbons (Fsp3) is 0.368. The van der Waals surface area contributed by atoms with Crippen molar-refractivity contribution >= 4 is 0 Å². The molecule has 0 spiro atoms. The van der Waals surface area contributed by atoms with E-state index in [9.17, 15) is 8.78 Å². The van der Waals surface area contributed by atoms with Gasteiger partial charge in [0.05, 0.1) is 6.61 Å². The van der Waals surface area contributed by atoms with Crippen LogP contribution in [0.25, 0.3) is 11.1 Å². The van der Waals surface area contributed by atoms with E-state index in [1.165, 1.54) is 18.9 Å². The summed E-state index contributed by atoms with van der Waals surface area (Å²) < 4.78 is 34.0.